The minimum atomic E-state index is 0.910. The van der Waals surface area contributed by atoms with E-state index in [1.807, 2.05) is 37.3 Å². The molecule has 4 rings (SSSR count). The summed E-state index contributed by atoms with van der Waals surface area (Å²) in [7, 11) is 0. The molecule has 1 N–H and O–H groups in total. The van der Waals surface area contributed by atoms with Crippen LogP contribution in [0.25, 0.3) is 45.0 Å². The predicted octanol–water partition coefficient (Wildman–Crippen LogP) is 5.74. The molecule has 0 unspecified atom stereocenters. The van der Waals surface area contributed by atoms with Crippen LogP contribution < -0.4 is 0 Å². The van der Waals surface area contributed by atoms with Gasteiger partial charge in [-0.1, -0.05) is 43.0 Å². The van der Waals surface area contributed by atoms with Gasteiger partial charge in [0.2, 0.25) is 0 Å². The van der Waals surface area contributed by atoms with E-state index in [0.29, 0.717) is 0 Å². The molecule has 2 aromatic heterocycles. The Morgan fingerprint density at radius 2 is 1.86 bits per heavy atom. The van der Waals surface area contributed by atoms with Crippen molar-refractivity contribution in [1.82, 2.24) is 4.98 Å². The molecule has 2 heteroatoms. The highest BCUT2D eigenvalue weighted by Gasteiger charge is 2.14. The largest absolute Gasteiger partial charge is 0.454 e. The Bertz CT molecular complexity index is 1010. The average Bonchev–Trinajstić information content (AvgIpc) is 3.04. The molecule has 0 aliphatic carbocycles. The molecule has 21 heavy (non-hydrogen) atoms. The van der Waals surface area contributed by atoms with Gasteiger partial charge in [0, 0.05) is 27.4 Å². The van der Waals surface area contributed by atoms with Gasteiger partial charge in [-0.2, -0.15) is 0 Å². The molecule has 0 fully saturated rings. The summed E-state index contributed by atoms with van der Waals surface area (Å²) >= 11 is 0. The van der Waals surface area contributed by atoms with Gasteiger partial charge in [0.15, 0.2) is 5.58 Å². The number of para-hydroxylation sites is 1. The fraction of sp³-hybridized carbons (Fsp3) is 0.0526. The van der Waals surface area contributed by atoms with Crippen molar-refractivity contribution in [1.29, 1.82) is 0 Å². The van der Waals surface area contributed by atoms with Crippen molar-refractivity contribution < 1.29 is 4.42 Å². The van der Waals surface area contributed by atoms with E-state index in [4.69, 9.17) is 4.42 Å². The summed E-state index contributed by atoms with van der Waals surface area (Å²) in [5.74, 6) is 0. The maximum Gasteiger partial charge on any atom is 0.159 e. The van der Waals surface area contributed by atoms with Gasteiger partial charge in [0.25, 0.3) is 0 Å². The second-order valence-corrected chi connectivity index (χ2v) is 5.12. The number of allylic oxidation sites excluding steroid dienone is 1. The van der Waals surface area contributed by atoms with E-state index in [1.54, 1.807) is 0 Å². The van der Waals surface area contributed by atoms with E-state index in [-0.39, 0.29) is 0 Å². The van der Waals surface area contributed by atoms with Crippen LogP contribution in [-0.2, 0) is 0 Å². The normalized spacial score (nSPS) is 12.0. The highest BCUT2D eigenvalue weighted by atomic mass is 16.3. The zero-order valence-corrected chi connectivity index (χ0v) is 11.8. The molecular formula is C19H15NO. The topological polar surface area (TPSA) is 28.9 Å². The van der Waals surface area contributed by atoms with Gasteiger partial charge in [0.1, 0.15) is 5.58 Å². The Morgan fingerprint density at radius 1 is 1.05 bits per heavy atom. The summed E-state index contributed by atoms with van der Waals surface area (Å²) in [4.78, 5) is 3.47. The van der Waals surface area contributed by atoms with Crippen LogP contribution in [0.15, 0.2) is 53.5 Å². The van der Waals surface area contributed by atoms with Crippen molar-refractivity contribution in [2.75, 3.05) is 0 Å². The minimum Gasteiger partial charge on any atom is -0.454 e. The van der Waals surface area contributed by atoms with Crippen LogP contribution in [0, 0.1) is 0 Å². The molecule has 102 valence electrons. The van der Waals surface area contributed by atoms with Crippen LogP contribution in [0.3, 0.4) is 0 Å². The van der Waals surface area contributed by atoms with E-state index < -0.39 is 0 Å². The lowest BCUT2D eigenvalue weighted by Crippen LogP contribution is -1.73. The first-order valence-corrected chi connectivity index (χ1v) is 7.04. The van der Waals surface area contributed by atoms with E-state index in [9.17, 15) is 0 Å². The molecule has 4 aromatic rings. The molecule has 0 aliphatic rings. The standard InChI is InChI=1S/C19H15NO/c1-3-7-16-12(4-2)14-10-11-15-13-8-5-6-9-17(13)21-19(15)18(14)20-16/h3-11,20H,2H2,1H3/b7-3-. The van der Waals surface area contributed by atoms with Crippen LogP contribution in [0.2, 0.25) is 0 Å². The predicted molar refractivity (Wildman–Crippen MR) is 90.4 cm³/mol. The Hall–Kier alpha value is -2.74. The molecule has 0 saturated carbocycles. The number of rotatable bonds is 2. The highest BCUT2D eigenvalue weighted by molar-refractivity contribution is 6.15. The van der Waals surface area contributed by atoms with Crippen LogP contribution in [0.4, 0.5) is 0 Å². The fourth-order valence-corrected chi connectivity index (χ4v) is 3.00. The summed E-state index contributed by atoms with van der Waals surface area (Å²) in [6.07, 6.45) is 5.97. The van der Waals surface area contributed by atoms with Crippen molar-refractivity contribution in [2.45, 2.75) is 6.92 Å². The number of aromatic nitrogens is 1. The Balaban J connectivity index is 2.21. The van der Waals surface area contributed by atoms with Gasteiger partial charge in [-0.15, -0.1) is 0 Å². The van der Waals surface area contributed by atoms with Gasteiger partial charge in [-0.3, -0.25) is 0 Å². The highest BCUT2D eigenvalue weighted by Crippen LogP contribution is 2.36. The molecule has 2 heterocycles. The quantitative estimate of drug-likeness (QED) is 0.495. The van der Waals surface area contributed by atoms with E-state index in [2.05, 4.69) is 35.8 Å². The molecule has 0 atom stereocenters. The Kier molecular flexibility index (Phi) is 2.51. The summed E-state index contributed by atoms with van der Waals surface area (Å²) < 4.78 is 6.07. The summed E-state index contributed by atoms with van der Waals surface area (Å²) in [5, 5.41) is 3.43. The summed E-state index contributed by atoms with van der Waals surface area (Å²) in [6, 6.07) is 12.4. The third-order valence-corrected chi connectivity index (χ3v) is 3.92. The fourth-order valence-electron chi connectivity index (χ4n) is 3.00. The number of furan rings is 1. The lowest BCUT2D eigenvalue weighted by Gasteiger charge is -1.93. The van der Waals surface area contributed by atoms with Gasteiger partial charge in [-0.25, -0.2) is 0 Å². The molecule has 0 bridgehead atoms. The van der Waals surface area contributed by atoms with Gasteiger partial charge in [0.05, 0.1) is 5.52 Å². The van der Waals surface area contributed by atoms with Crippen molar-refractivity contribution in [3.63, 3.8) is 0 Å². The van der Waals surface area contributed by atoms with E-state index in [0.717, 1.165) is 44.1 Å². The smallest absolute Gasteiger partial charge is 0.159 e. The molecule has 0 spiro atoms. The molecule has 2 aromatic carbocycles. The first-order valence-electron chi connectivity index (χ1n) is 7.04. The zero-order chi connectivity index (χ0) is 14.4. The monoisotopic (exact) mass is 273 g/mol. The van der Waals surface area contributed by atoms with Crippen LogP contribution in [0.5, 0.6) is 0 Å². The number of H-pyrrole nitrogens is 1. The molecule has 0 aliphatic heterocycles. The number of nitrogens with one attached hydrogen (secondary N) is 1. The van der Waals surface area contributed by atoms with Gasteiger partial charge >= 0.3 is 0 Å². The van der Waals surface area contributed by atoms with Gasteiger partial charge < -0.3 is 9.40 Å². The molecule has 0 saturated heterocycles. The number of hydrogen-bond acceptors (Lipinski definition) is 1. The van der Waals surface area contributed by atoms with E-state index >= 15 is 0 Å². The maximum absolute atomic E-state index is 6.07. The van der Waals surface area contributed by atoms with Gasteiger partial charge in [-0.05, 0) is 25.1 Å². The third-order valence-electron chi connectivity index (χ3n) is 3.92. The van der Waals surface area contributed by atoms with Crippen LogP contribution >= 0.6 is 0 Å². The number of benzene rings is 2. The average molecular weight is 273 g/mol. The van der Waals surface area contributed by atoms with Crippen LogP contribution in [0.1, 0.15) is 18.2 Å². The number of aromatic amines is 1. The molecule has 2 nitrogen and oxygen atoms in total. The first-order chi connectivity index (χ1) is 10.3. The number of fused-ring (bicyclic) bond motifs is 5. The Morgan fingerprint density at radius 3 is 2.67 bits per heavy atom. The van der Waals surface area contributed by atoms with Crippen molar-refractivity contribution >= 4 is 45.0 Å². The Labute approximate surface area is 122 Å². The lowest BCUT2D eigenvalue weighted by atomic mass is 10.1. The maximum atomic E-state index is 6.07. The van der Waals surface area contributed by atoms with Crippen molar-refractivity contribution in [3.05, 3.63) is 60.3 Å². The summed E-state index contributed by atoms with van der Waals surface area (Å²) in [5.41, 5.74) is 5.04. The second-order valence-electron chi connectivity index (χ2n) is 5.12. The number of hydrogen-bond donors (Lipinski definition) is 1. The lowest BCUT2D eigenvalue weighted by molar-refractivity contribution is 0.672. The third kappa shape index (κ3) is 1.59. The first kappa shape index (κ1) is 12.0. The van der Waals surface area contributed by atoms with Crippen LogP contribution in [-0.4, -0.2) is 4.98 Å². The molecule has 0 radical (unpaired) electrons. The minimum absolute atomic E-state index is 0.910. The molecule has 0 amide bonds. The summed E-state index contributed by atoms with van der Waals surface area (Å²) in [6.45, 7) is 5.94. The van der Waals surface area contributed by atoms with Crippen molar-refractivity contribution in [3.8, 4) is 0 Å². The zero-order valence-electron chi connectivity index (χ0n) is 11.8. The second kappa shape index (κ2) is 4.38. The van der Waals surface area contributed by atoms with E-state index in [1.165, 1.54) is 0 Å². The van der Waals surface area contributed by atoms with Crippen molar-refractivity contribution in [2.24, 2.45) is 0 Å². The molecular weight excluding hydrogens is 258 g/mol. The SMILES string of the molecule is C=Cc1c(/C=C\C)[nH]c2c1ccc1c3ccccc3oc12.